The Bertz CT molecular complexity index is 441. The van der Waals surface area contributed by atoms with Crippen molar-refractivity contribution in [3.8, 4) is 5.75 Å². The van der Waals surface area contributed by atoms with E-state index in [1.54, 1.807) is 0 Å². The highest BCUT2D eigenvalue weighted by Crippen LogP contribution is 2.24. The smallest absolute Gasteiger partial charge is 0.119 e. The predicted octanol–water partition coefficient (Wildman–Crippen LogP) is 4.67. The van der Waals surface area contributed by atoms with E-state index in [9.17, 15) is 0 Å². The van der Waals surface area contributed by atoms with Gasteiger partial charge in [0.25, 0.3) is 0 Å². The van der Waals surface area contributed by atoms with Crippen LogP contribution in [0.2, 0.25) is 0 Å². The molecule has 2 nitrogen and oxygen atoms in total. The van der Waals surface area contributed by atoms with Crippen molar-refractivity contribution in [2.75, 3.05) is 13.2 Å². The summed E-state index contributed by atoms with van der Waals surface area (Å²) in [6.45, 7) is 10.7. The van der Waals surface area contributed by atoms with E-state index in [-0.39, 0.29) is 0 Å². The average Bonchev–Trinajstić information content (AvgIpc) is 2.44. The van der Waals surface area contributed by atoms with Crippen LogP contribution in [0.5, 0.6) is 5.75 Å². The Labute approximate surface area is 130 Å². The van der Waals surface area contributed by atoms with Gasteiger partial charge in [0.05, 0.1) is 0 Å². The second kappa shape index (κ2) is 7.84. The molecule has 0 aliphatic heterocycles. The summed E-state index contributed by atoms with van der Waals surface area (Å²) in [5.74, 6) is 2.37. The number of hydrogen-bond donors (Lipinski definition) is 1. The summed E-state index contributed by atoms with van der Waals surface area (Å²) in [5, 5.41) is 3.67. The summed E-state index contributed by atoms with van der Waals surface area (Å²) in [6.07, 6.45) is 5.47. The highest BCUT2D eigenvalue weighted by atomic mass is 16.5. The summed E-state index contributed by atoms with van der Waals surface area (Å²) in [5.41, 5.74) is 2.64. The molecule has 1 aromatic carbocycles. The molecule has 118 valence electrons. The van der Waals surface area contributed by atoms with Gasteiger partial charge in [0.2, 0.25) is 0 Å². The van der Waals surface area contributed by atoms with E-state index in [0.29, 0.717) is 12.0 Å². The van der Waals surface area contributed by atoms with Crippen LogP contribution in [0.3, 0.4) is 0 Å². The summed E-state index contributed by atoms with van der Waals surface area (Å²) in [6, 6.07) is 7.25. The Kier molecular flexibility index (Phi) is 6.10. The summed E-state index contributed by atoms with van der Waals surface area (Å²) in [4.78, 5) is 0. The van der Waals surface area contributed by atoms with Crippen LogP contribution in [0.15, 0.2) is 18.2 Å². The first kappa shape index (κ1) is 16.4. The maximum Gasteiger partial charge on any atom is 0.119 e. The van der Waals surface area contributed by atoms with E-state index >= 15 is 0 Å². The van der Waals surface area contributed by atoms with Crippen molar-refractivity contribution in [2.45, 2.75) is 65.3 Å². The van der Waals surface area contributed by atoms with Crippen LogP contribution in [0.25, 0.3) is 0 Å². The number of benzene rings is 1. The highest BCUT2D eigenvalue weighted by Gasteiger charge is 2.20. The van der Waals surface area contributed by atoms with Gasteiger partial charge in [-0.05, 0) is 54.9 Å². The average molecular weight is 289 g/mol. The van der Waals surface area contributed by atoms with Gasteiger partial charge < -0.3 is 10.1 Å². The molecular formula is C19H31NO. The molecule has 0 spiro atoms. The quantitative estimate of drug-likeness (QED) is 0.769. The molecule has 2 heteroatoms. The van der Waals surface area contributed by atoms with Gasteiger partial charge in [-0.25, -0.2) is 0 Å². The Morgan fingerprint density at radius 1 is 1.19 bits per heavy atom. The molecule has 0 aromatic heterocycles. The third-order valence-electron chi connectivity index (χ3n) is 4.63. The molecule has 0 radical (unpaired) electrons. The van der Waals surface area contributed by atoms with E-state index in [0.717, 1.165) is 24.8 Å². The number of nitrogens with one attached hydrogen (secondary N) is 1. The molecule has 2 unspecified atom stereocenters. The van der Waals surface area contributed by atoms with Crippen LogP contribution in [0, 0.1) is 12.8 Å². The number of ether oxygens (including phenoxy) is 1. The normalized spacial score (nSPS) is 22.5. The van der Waals surface area contributed by atoms with Gasteiger partial charge in [-0.1, -0.05) is 39.7 Å². The van der Waals surface area contributed by atoms with Crippen LogP contribution in [-0.2, 0) is 0 Å². The fraction of sp³-hybridized carbons (Fsp3) is 0.684. The van der Waals surface area contributed by atoms with Crippen molar-refractivity contribution in [2.24, 2.45) is 5.92 Å². The molecule has 1 aliphatic rings. The molecule has 0 saturated heterocycles. The molecule has 2 rings (SSSR count). The molecule has 21 heavy (non-hydrogen) atoms. The largest absolute Gasteiger partial charge is 0.492 e. The first-order valence-corrected chi connectivity index (χ1v) is 8.54. The molecule has 1 N–H and O–H groups in total. The van der Waals surface area contributed by atoms with Gasteiger partial charge in [0.1, 0.15) is 12.4 Å². The van der Waals surface area contributed by atoms with Gasteiger partial charge in [-0.3, -0.25) is 0 Å². The minimum Gasteiger partial charge on any atom is -0.492 e. The Hall–Kier alpha value is -1.02. The first-order chi connectivity index (χ1) is 10.1. The molecule has 1 saturated carbocycles. The van der Waals surface area contributed by atoms with Crippen molar-refractivity contribution in [1.82, 2.24) is 5.32 Å². The van der Waals surface area contributed by atoms with Crippen LogP contribution >= 0.6 is 0 Å². The summed E-state index contributed by atoms with van der Waals surface area (Å²) < 4.78 is 5.94. The van der Waals surface area contributed by atoms with E-state index in [1.807, 2.05) is 0 Å². The molecule has 0 bridgehead atoms. The van der Waals surface area contributed by atoms with Crippen molar-refractivity contribution in [3.63, 3.8) is 0 Å². The minimum atomic E-state index is 0.550. The van der Waals surface area contributed by atoms with Gasteiger partial charge in [0.15, 0.2) is 0 Å². The van der Waals surface area contributed by atoms with Crippen molar-refractivity contribution < 1.29 is 4.74 Å². The SMILES string of the molecule is Cc1cc(OCCNC2CCCCC2C)cc(C(C)C)c1. The lowest BCUT2D eigenvalue weighted by atomic mass is 9.86. The van der Waals surface area contributed by atoms with E-state index < -0.39 is 0 Å². The molecule has 2 atom stereocenters. The second-order valence-electron chi connectivity index (χ2n) is 6.90. The molecule has 1 aromatic rings. The standard InChI is InChI=1S/C19H31NO/c1-14(2)17-11-15(3)12-18(13-17)21-10-9-20-19-8-6-5-7-16(19)4/h11-14,16,19-20H,5-10H2,1-4H3. The van der Waals surface area contributed by atoms with E-state index in [1.165, 1.54) is 36.8 Å². The zero-order valence-corrected chi connectivity index (χ0v) is 14.1. The van der Waals surface area contributed by atoms with Crippen molar-refractivity contribution >= 4 is 0 Å². The van der Waals surface area contributed by atoms with Crippen LogP contribution < -0.4 is 10.1 Å². The monoisotopic (exact) mass is 289 g/mol. The lowest BCUT2D eigenvalue weighted by molar-refractivity contribution is 0.251. The third kappa shape index (κ3) is 5.03. The second-order valence-corrected chi connectivity index (χ2v) is 6.90. The van der Waals surface area contributed by atoms with Crippen LogP contribution in [-0.4, -0.2) is 19.2 Å². The lowest BCUT2D eigenvalue weighted by Crippen LogP contribution is -2.39. The third-order valence-corrected chi connectivity index (χ3v) is 4.63. The Morgan fingerprint density at radius 3 is 2.67 bits per heavy atom. The maximum absolute atomic E-state index is 5.94. The van der Waals surface area contributed by atoms with Crippen LogP contribution in [0.1, 0.15) is 63.5 Å². The van der Waals surface area contributed by atoms with E-state index in [2.05, 4.69) is 51.2 Å². The molecule has 0 amide bonds. The summed E-state index contributed by atoms with van der Waals surface area (Å²) >= 11 is 0. The Balaban J connectivity index is 1.78. The van der Waals surface area contributed by atoms with Gasteiger partial charge >= 0.3 is 0 Å². The number of rotatable bonds is 6. The first-order valence-electron chi connectivity index (χ1n) is 8.54. The fourth-order valence-corrected chi connectivity index (χ4v) is 3.23. The van der Waals surface area contributed by atoms with Gasteiger partial charge in [-0.15, -0.1) is 0 Å². The molecular weight excluding hydrogens is 258 g/mol. The molecule has 1 aliphatic carbocycles. The maximum atomic E-state index is 5.94. The van der Waals surface area contributed by atoms with E-state index in [4.69, 9.17) is 4.74 Å². The van der Waals surface area contributed by atoms with Crippen molar-refractivity contribution in [1.29, 1.82) is 0 Å². The summed E-state index contributed by atoms with van der Waals surface area (Å²) in [7, 11) is 0. The fourth-order valence-electron chi connectivity index (χ4n) is 3.23. The van der Waals surface area contributed by atoms with Crippen molar-refractivity contribution in [3.05, 3.63) is 29.3 Å². The zero-order valence-electron chi connectivity index (χ0n) is 14.1. The van der Waals surface area contributed by atoms with Gasteiger partial charge in [0, 0.05) is 12.6 Å². The number of aryl methyl sites for hydroxylation is 1. The van der Waals surface area contributed by atoms with Crippen LogP contribution in [0.4, 0.5) is 0 Å². The topological polar surface area (TPSA) is 21.3 Å². The highest BCUT2D eigenvalue weighted by molar-refractivity contribution is 5.35. The minimum absolute atomic E-state index is 0.550. The molecule has 0 heterocycles. The zero-order chi connectivity index (χ0) is 15.2. The lowest BCUT2D eigenvalue weighted by Gasteiger charge is -2.29. The Morgan fingerprint density at radius 2 is 1.95 bits per heavy atom. The predicted molar refractivity (Wildman–Crippen MR) is 90.2 cm³/mol. The molecule has 1 fully saturated rings. The number of hydrogen-bond acceptors (Lipinski definition) is 2. The van der Waals surface area contributed by atoms with Gasteiger partial charge in [-0.2, -0.15) is 0 Å².